The summed E-state index contributed by atoms with van der Waals surface area (Å²) >= 11 is 0. The van der Waals surface area contributed by atoms with Gasteiger partial charge in [0.05, 0.1) is 6.10 Å². The van der Waals surface area contributed by atoms with Crippen LogP contribution < -0.4 is 16.2 Å². The van der Waals surface area contributed by atoms with Crippen molar-refractivity contribution in [1.82, 2.24) is 9.97 Å². The van der Waals surface area contributed by atoms with Crippen LogP contribution in [0.5, 0.6) is 0 Å². The van der Waals surface area contributed by atoms with E-state index in [1.54, 1.807) is 6.20 Å². The summed E-state index contributed by atoms with van der Waals surface area (Å²) in [5.41, 5.74) is 2.42. The third-order valence-corrected chi connectivity index (χ3v) is 2.90. The van der Waals surface area contributed by atoms with Crippen LogP contribution in [0, 0.1) is 5.92 Å². The van der Waals surface area contributed by atoms with Crippen LogP contribution in [0.4, 0.5) is 11.8 Å². The van der Waals surface area contributed by atoms with Crippen molar-refractivity contribution in [3.05, 3.63) is 12.3 Å². The van der Waals surface area contributed by atoms with Gasteiger partial charge in [-0.2, -0.15) is 4.98 Å². The molecule has 4 N–H and O–H groups in total. The molecule has 1 aromatic rings. The maximum atomic E-state index is 9.21. The van der Waals surface area contributed by atoms with E-state index in [9.17, 15) is 5.11 Å². The lowest BCUT2D eigenvalue weighted by atomic mass is 9.82. The Balaban J connectivity index is 1.94. The fraction of sp³-hybridized carbons (Fsp3) is 0.600. The Morgan fingerprint density at radius 2 is 2.38 bits per heavy atom. The number of nitrogens with one attached hydrogen (secondary N) is 1. The van der Waals surface area contributed by atoms with Crippen molar-refractivity contribution in [2.45, 2.75) is 18.9 Å². The summed E-state index contributed by atoms with van der Waals surface area (Å²) in [5.74, 6) is 7.06. The summed E-state index contributed by atoms with van der Waals surface area (Å²) in [5, 5.41) is 9.21. The third kappa shape index (κ3) is 2.40. The SMILES string of the molecule is CN(CC1CC(O)C1)c1ccnc(NN)n1. The summed E-state index contributed by atoms with van der Waals surface area (Å²) in [6, 6.07) is 1.84. The van der Waals surface area contributed by atoms with Crippen LogP contribution in [0.2, 0.25) is 0 Å². The zero-order chi connectivity index (χ0) is 11.5. The Labute approximate surface area is 94.5 Å². The first-order chi connectivity index (χ1) is 7.69. The molecular formula is C10H17N5O. The minimum atomic E-state index is -0.106. The maximum Gasteiger partial charge on any atom is 0.239 e. The topological polar surface area (TPSA) is 87.3 Å². The molecule has 0 bridgehead atoms. The van der Waals surface area contributed by atoms with Crippen molar-refractivity contribution < 1.29 is 5.11 Å². The molecule has 1 aliphatic carbocycles. The average molecular weight is 223 g/mol. The van der Waals surface area contributed by atoms with Crippen molar-refractivity contribution in [1.29, 1.82) is 0 Å². The number of aliphatic hydroxyl groups is 1. The van der Waals surface area contributed by atoms with Crippen LogP contribution in [0.3, 0.4) is 0 Å². The lowest BCUT2D eigenvalue weighted by molar-refractivity contribution is 0.0464. The Hall–Kier alpha value is -1.40. The monoisotopic (exact) mass is 223 g/mol. The van der Waals surface area contributed by atoms with E-state index in [0.29, 0.717) is 11.9 Å². The van der Waals surface area contributed by atoms with E-state index in [2.05, 4.69) is 20.3 Å². The zero-order valence-electron chi connectivity index (χ0n) is 9.30. The molecule has 1 aromatic heterocycles. The second kappa shape index (κ2) is 4.63. The molecule has 0 saturated heterocycles. The maximum absolute atomic E-state index is 9.21. The highest BCUT2D eigenvalue weighted by molar-refractivity contribution is 5.41. The van der Waals surface area contributed by atoms with Crippen molar-refractivity contribution in [2.75, 3.05) is 23.9 Å². The van der Waals surface area contributed by atoms with Crippen LogP contribution in [0.25, 0.3) is 0 Å². The van der Waals surface area contributed by atoms with Gasteiger partial charge in [0.25, 0.3) is 0 Å². The van der Waals surface area contributed by atoms with Crippen LogP contribution in [0.1, 0.15) is 12.8 Å². The smallest absolute Gasteiger partial charge is 0.239 e. The van der Waals surface area contributed by atoms with E-state index < -0.39 is 0 Å². The van der Waals surface area contributed by atoms with Gasteiger partial charge in [0.2, 0.25) is 5.95 Å². The average Bonchev–Trinajstić information content (AvgIpc) is 2.27. The van der Waals surface area contributed by atoms with Gasteiger partial charge in [-0.3, -0.25) is 5.43 Å². The van der Waals surface area contributed by atoms with Gasteiger partial charge in [0, 0.05) is 19.8 Å². The summed E-state index contributed by atoms with van der Waals surface area (Å²) in [4.78, 5) is 10.2. The normalized spacial score (nSPS) is 23.7. The Bertz CT molecular complexity index is 353. The summed E-state index contributed by atoms with van der Waals surface area (Å²) < 4.78 is 0. The number of hydrazine groups is 1. The third-order valence-electron chi connectivity index (χ3n) is 2.90. The molecule has 1 saturated carbocycles. The van der Waals surface area contributed by atoms with Gasteiger partial charge in [0.1, 0.15) is 5.82 Å². The van der Waals surface area contributed by atoms with E-state index in [4.69, 9.17) is 5.84 Å². The Morgan fingerprint density at radius 1 is 1.62 bits per heavy atom. The first kappa shape index (κ1) is 11.1. The second-order valence-electron chi connectivity index (χ2n) is 4.25. The van der Waals surface area contributed by atoms with Gasteiger partial charge in [-0.15, -0.1) is 0 Å². The zero-order valence-corrected chi connectivity index (χ0v) is 9.30. The molecule has 0 aliphatic heterocycles. The molecule has 6 nitrogen and oxygen atoms in total. The van der Waals surface area contributed by atoms with E-state index in [1.807, 2.05) is 13.1 Å². The molecule has 0 amide bonds. The first-order valence-electron chi connectivity index (χ1n) is 5.38. The molecular weight excluding hydrogens is 206 g/mol. The van der Waals surface area contributed by atoms with Gasteiger partial charge in [0.15, 0.2) is 0 Å². The molecule has 2 rings (SSSR count). The highest BCUT2D eigenvalue weighted by Crippen LogP contribution is 2.28. The van der Waals surface area contributed by atoms with E-state index >= 15 is 0 Å². The van der Waals surface area contributed by atoms with Gasteiger partial charge in [-0.25, -0.2) is 10.8 Å². The lowest BCUT2D eigenvalue weighted by Crippen LogP contribution is -2.37. The summed E-state index contributed by atoms with van der Waals surface area (Å²) in [7, 11) is 1.98. The minimum absolute atomic E-state index is 0.106. The van der Waals surface area contributed by atoms with Crippen LogP contribution in [-0.2, 0) is 0 Å². The van der Waals surface area contributed by atoms with Gasteiger partial charge >= 0.3 is 0 Å². The number of hydrogen-bond acceptors (Lipinski definition) is 6. The van der Waals surface area contributed by atoms with Crippen molar-refractivity contribution in [3.63, 3.8) is 0 Å². The Kier molecular flexibility index (Phi) is 3.21. The van der Waals surface area contributed by atoms with Crippen LogP contribution in [0.15, 0.2) is 12.3 Å². The number of hydrogen-bond donors (Lipinski definition) is 3. The number of aromatic nitrogens is 2. The van der Waals surface area contributed by atoms with Crippen molar-refractivity contribution >= 4 is 11.8 Å². The molecule has 1 aliphatic rings. The molecule has 88 valence electrons. The fourth-order valence-corrected chi connectivity index (χ4v) is 1.96. The number of aliphatic hydroxyl groups excluding tert-OH is 1. The molecule has 1 heterocycles. The number of anilines is 2. The lowest BCUT2D eigenvalue weighted by Gasteiger charge is -2.34. The van der Waals surface area contributed by atoms with Crippen LogP contribution >= 0.6 is 0 Å². The standard InChI is InChI=1S/C10H17N5O/c1-15(6-7-4-8(16)5-7)9-2-3-12-10(13-9)14-11/h2-3,7-8,16H,4-6,11H2,1H3,(H,12,13,14). The van der Waals surface area contributed by atoms with Gasteiger partial charge in [-0.05, 0) is 24.8 Å². The van der Waals surface area contributed by atoms with E-state index in [0.717, 1.165) is 25.2 Å². The quantitative estimate of drug-likeness (QED) is 0.491. The summed E-state index contributed by atoms with van der Waals surface area (Å²) in [6.07, 6.45) is 3.34. The molecule has 0 radical (unpaired) electrons. The van der Waals surface area contributed by atoms with Crippen LogP contribution in [-0.4, -0.2) is 34.8 Å². The first-order valence-corrected chi connectivity index (χ1v) is 5.38. The summed E-state index contributed by atoms with van der Waals surface area (Å²) in [6.45, 7) is 0.901. The molecule has 16 heavy (non-hydrogen) atoms. The number of nitrogens with two attached hydrogens (primary N) is 1. The minimum Gasteiger partial charge on any atom is -0.393 e. The number of rotatable bonds is 4. The van der Waals surface area contributed by atoms with E-state index in [-0.39, 0.29) is 6.10 Å². The highest BCUT2D eigenvalue weighted by atomic mass is 16.3. The van der Waals surface area contributed by atoms with Crippen molar-refractivity contribution in [3.8, 4) is 0 Å². The van der Waals surface area contributed by atoms with Crippen molar-refractivity contribution in [2.24, 2.45) is 11.8 Å². The highest BCUT2D eigenvalue weighted by Gasteiger charge is 2.28. The number of nitrogen functional groups attached to an aromatic ring is 1. The molecule has 0 aromatic carbocycles. The Morgan fingerprint density at radius 3 is 3.00 bits per heavy atom. The van der Waals surface area contributed by atoms with Gasteiger partial charge < -0.3 is 10.0 Å². The largest absolute Gasteiger partial charge is 0.393 e. The molecule has 1 fully saturated rings. The molecule has 6 heteroatoms. The molecule has 0 atom stereocenters. The van der Waals surface area contributed by atoms with Gasteiger partial charge in [-0.1, -0.05) is 0 Å². The predicted molar refractivity (Wildman–Crippen MR) is 61.8 cm³/mol. The fourth-order valence-electron chi connectivity index (χ4n) is 1.96. The molecule has 0 unspecified atom stereocenters. The molecule has 0 spiro atoms. The second-order valence-corrected chi connectivity index (χ2v) is 4.25. The predicted octanol–water partition coefficient (Wildman–Crippen LogP) is -0.0307. The van der Waals surface area contributed by atoms with E-state index in [1.165, 1.54) is 0 Å². The number of nitrogens with zero attached hydrogens (tertiary/aromatic N) is 3.